The van der Waals surface area contributed by atoms with Gasteiger partial charge in [-0.2, -0.15) is 4.31 Å². The van der Waals surface area contributed by atoms with Gasteiger partial charge in [0.05, 0.1) is 10.5 Å². The molecule has 1 fully saturated rings. The fourth-order valence-corrected chi connectivity index (χ4v) is 5.07. The molecule has 1 N–H and O–H groups in total. The lowest BCUT2D eigenvalue weighted by Gasteiger charge is -2.16. The Labute approximate surface area is 166 Å². The number of aryl methyl sites for hydroxylation is 1. The van der Waals surface area contributed by atoms with Gasteiger partial charge in [-0.05, 0) is 77.7 Å². The number of anilines is 1. The minimum atomic E-state index is -3.58. The van der Waals surface area contributed by atoms with Crippen molar-refractivity contribution in [2.24, 2.45) is 0 Å². The predicted molar refractivity (Wildman–Crippen MR) is 106 cm³/mol. The average Bonchev–Trinajstić information content (AvgIpc) is 3.13. The Hall–Kier alpha value is -1.41. The van der Waals surface area contributed by atoms with Crippen LogP contribution in [0.4, 0.5) is 5.69 Å². The molecule has 0 bridgehead atoms. The zero-order valence-corrected chi connectivity index (χ0v) is 17.3. The van der Waals surface area contributed by atoms with Crippen molar-refractivity contribution in [3.63, 3.8) is 0 Å². The molecular formula is C18H18BrClN2O3S. The second-order valence-corrected chi connectivity index (χ2v) is 9.39. The number of nitrogens with zero attached hydrogens (tertiary/aromatic N) is 1. The number of halogens is 2. The largest absolute Gasteiger partial charge is 0.322 e. The SMILES string of the molecule is Cc1cc(Cl)ccc1NC(=O)c1cc(S(=O)(=O)N2CCCC2)ccc1Br. The van der Waals surface area contributed by atoms with Gasteiger partial charge < -0.3 is 5.32 Å². The van der Waals surface area contributed by atoms with Crippen LogP contribution in [0.15, 0.2) is 45.8 Å². The van der Waals surface area contributed by atoms with Gasteiger partial charge >= 0.3 is 0 Å². The van der Waals surface area contributed by atoms with Crippen molar-refractivity contribution in [3.05, 3.63) is 57.0 Å². The quantitative estimate of drug-likeness (QED) is 0.738. The van der Waals surface area contributed by atoms with Crippen LogP contribution in [0, 0.1) is 6.92 Å². The standard InChI is InChI=1S/C18H18BrClN2O3S/c1-12-10-13(20)4-7-17(12)21-18(23)15-11-14(5-6-16(15)19)26(24,25)22-8-2-3-9-22/h4-7,10-11H,2-3,8-9H2,1H3,(H,21,23). The summed E-state index contributed by atoms with van der Waals surface area (Å²) in [6.07, 6.45) is 1.72. The molecule has 8 heteroatoms. The minimum Gasteiger partial charge on any atom is -0.322 e. The third-order valence-electron chi connectivity index (χ3n) is 4.32. The van der Waals surface area contributed by atoms with Crippen molar-refractivity contribution in [2.45, 2.75) is 24.7 Å². The normalized spacial score (nSPS) is 15.2. The van der Waals surface area contributed by atoms with Crippen molar-refractivity contribution in [1.82, 2.24) is 4.31 Å². The Bertz CT molecular complexity index is 957. The van der Waals surface area contributed by atoms with Gasteiger partial charge in [-0.3, -0.25) is 4.79 Å². The summed E-state index contributed by atoms with van der Waals surface area (Å²) in [5, 5.41) is 3.39. The molecule has 138 valence electrons. The number of rotatable bonds is 4. The molecule has 5 nitrogen and oxygen atoms in total. The highest BCUT2D eigenvalue weighted by atomic mass is 79.9. The molecule has 26 heavy (non-hydrogen) atoms. The van der Waals surface area contributed by atoms with Crippen LogP contribution in [0.1, 0.15) is 28.8 Å². The van der Waals surface area contributed by atoms with Gasteiger partial charge in [0.1, 0.15) is 0 Å². The summed E-state index contributed by atoms with van der Waals surface area (Å²) in [6, 6.07) is 9.68. The summed E-state index contributed by atoms with van der Waals surface area (Å²) in [4.78, 5) is 12.8. The second-order valence-electron chi connectivity index (χ2n) is 6.17. The highest BCUT2D eigenvalue weighted by Crippen LogP contribution is 2.27. The van der Waals surface area contributed by atoms with E-state index < -0.39 is 10.0 Å². The maximum atomic E-state index is 12.7. The molecule has 0 aliphatic carbocycles. The van der Waals surface area contributed by atoms with Crippen LogP contribution in [-0.4, -0.2) is 31.7 Å². The van der Waals surface area contributed by atoms with Gasteiger partial charge in [-0.1, -0.05) is 11.6 Å². The molecule has 0 atom stereocenters. The number of hydrogen-bond donors (Lipinski definition) is 1. The van der Waals surface area contributed by atoms with Crippen LogP contribution in [0.25, 0.3) is 0 Å². The Morgan fingerprint density at radius 1 is 1.15 bits per heavy atom. The van der Waals surface area contributed by atoms with E-state index in [0.717, 1.165) is 18.4 Å². The summed E-state index contributed by atoms with van der Waals surface area (Å²) in [7, 11) is -3.58. The number of amides is 1. The lowest BCUT2D eigenvalue weighted by atomic mass is 10.1. The summed E-state index contributed by atoms with van der Waals surface area (Å²) >= 11 is 9.27. The third kappa shape index (κ3) is 3.96. The molecule has 1 heterocycles. The van der Waals surface area contributed by atoms with Gasteiger partial charge in [0.2, 0.25) is 10.0 Å². The summed E-state index contributed by atoms with van der Waals surface area (Å²) in [5.74, 6) is -0.388. The number of sulfonamides is 1. The van der Waals surface area contributed by atoms with E-state index in [1.54, 1.807) is 24.3 Å². The zero-order chi connectivity index (χ0) is 18.9. The van der Waals surface area contributed by atoms with Gasteiger partial charge in [-0.25, -0.2) is 8.42 Å². The third-order valence-corrected chi connectivity index (χ3v) is 7.14. The molecular weight excluding hydrogens is 440 g/mol. The molecule has 1 aliphatic rings. The van der Waals surface area contributed by atoms with Crippen molar-refractivity contribution in [3.8, 4) is 0 Å². The molecule has 2 aromatic rings. The van der Waals surface area contributed by atoms with Crippen molar-refractivity contribution in [2.75, 3.05) is 18.4 Å². The number of hydrogen-bond acceptors (Lipinski definition) is 3. The Kier molecular flexibility index (Phi) is 5.72. The van der Waals surface area contributed by atoms with Crippen molar-refractivity contribution in [1.29, 1.82) is 0 Å². The molecule has 0 unspecified atom stereocenters. The van der Waals surface area contributed by atoms with Crippen LogP contribution in [0.3, 0.4) is 0 Å². The first kappa shape index (κ1) is 19.4. The van der Waals surface area contributed by atoms with E-state index in [0.29, 0.717) is 28.3 Å². The molecule has 0 radical (unpaired) electrons. The van der Waals surface area contributed by atoms with Crippen molar-refractivity contribution < 1.29 is 13.2 Å². The molecule has 2 aromatic carbocycles. The fraction of sp³-hybridized carbons (Fsp3) is 0.278. The van der Waals surface area contributed by atoms with E-state index in [9.17, 15) is 13.2 Å². The first-order valence-electron chi connectivity index (χ1n) is 8.16. The second kappa shape index (κ2) is 7.68. The molecule has 1 aliphatic heterocycles. The highest BCUT2D eigenvalue weighted by molar-refractivity contribution is 9.10. The first-order chi connectivity index (χ1) is 12.3. The number of carbonyl (C=O) groups excluding carboxylic acids is 1. The monoisotopic (exact) mass is 456 g/mol. The average molecular weight is 458 g/mol. The predicted octanol–water partition coefficient (Wildman–Crippen LogP) is 4.45. The van der Waals surface area contributed by atoms with E-state index in [-0.39, 0.29) is 16.4 Å². The maximum Gasteiger partial charge on any atom is 0.256 e. The molecule has 1 amide bonds. The van der Waals surface area contributed by atoms with Gasteiger partial charge in [0.25, 0.3) is 5.91 Å². The van der Waals surface area contributed by atoms with E-state index in [1.807, 2.05) is 6.92 Å². The highest BCUT2D eigenvalue weighted by Gasteiger charge is 2.28. The smallest absolute Gasteiger partial charge is 0.256 e. The number of carbonyl (C=O) groups is 1. The fourth-order valence-electron chi connectivity index (χ4n) is 2.87. The summed E-state index contributed by atoms with van der Waals surface area (Å²) < 4.78 is 27.5. The molecule has 3 rings (SSSR count). The van der Waals surface area contributed by atoms with E-state index >= 15 is 0 Å². The van der Waals surface area contributed by atoms with Crippen molar-refractivity contribution >= 4 is 49.1 Å². The zero-order valence-electron chi connectivity index (χ0n) is 14.1. The lowest BCUT2D eigenvalue weighted by molar-refractivity contribution is 0.102. The van der Waals surface area contributed by atoms with Crippen LogP contribution in [0.5, 0.6) is 0 Å². The van der Waals surface area contributed by atoms with E-state index in [2.05, 4.69) is 21.2 Å². The Morgan fingerprint density at radius 3 is 2.50 bits per heavy atom. The number of nitrogens with one attached hydrogen (secondary N) is 1. The molecule has 1 saturated heterocycles. The van der Waals surface area contributed by atoms with Crippen LogP contribution in [-0.2, 0) is 10.0 Å². The van der Waals surface area contributed by atoms with E-state index in [4.69, 9.17) is 11.6 Å². The summed E-state index contributed by atoms with van der Waals surface area (Å²) in [5.41, 5.74) is 1.71. The Balaban J connectivity index is 1.91. The van der Waals surface area contributed by atoms with Gasteiger partial charge in [-0.15, -0.1) is 0 Å². The molecule has 0 aromatic heterocycles. The Morgan fingerprint density at radius 2 is 1.85 bits per heavy atom. The van der Waals surface area contributed by atoms with Crippen LogP contribution < -0.4 is 5.32 Å². The minimum absolute atomic E-state index is 0.126. The first-order valence-corrected chi connectivity index (χ1v) is 10.8. The molecule has 0 saturated carbocycles. The topological polar surface area (TPSA) is 66.5 Å². The number of benzene rings is 2. The maximum absolute atomic E-state index is 12.7. The summed E-state index contributed by atoms with van der Waals surface area (Å²) in [6.45, 7) is 2.87. The van der Waals surface area contributed by atoms with Gasteiger partial charge in [0.15, 0.2) is 0 Å². The van der Waals surface area contributed by atoms with E-state index in [1.165, 1.54) is 16.4 Å². The van der Waals surface area contributed by atoms with Crippen LogP contribution >= 0.6 is 27.5 Å². The van der Waals surface area contributed by atoms with Gasteiger partial charge in [0, 0.05) is 28.3 Å². The molecule has 0 spiro atoms. The van der Waals surface area contributed by atoms with Crippen LogP contribution in [0.2, 0.25) is 5.02 Å². The lowest BCUT2D eigenvalue weighted by Crippen LogP contribution is -2.28.